The number of carbonyl (C=O) groups is 1. The lowest BCUT2D eigenvalue weighted by Crippen LogP contribution is -2.44. The van der Waals surface area contributed by atoms with Crippen molar-refractivity contribution in [2.75, 3.05) is 54.3 Å². The molecule has 4 aliphatic rings. The molecule has 3 aromatic rings. The Morgan fingerprint density at radius 1 is 0.923 bits per heavy atom. The smallest absolute Gasteiger partial charge is 0.339 e. The van der Waals surface area contributed by atoms with Gasteiger partial charge in [-0.1, -0.05) is 6.07 Å². The van der Waals surface area contributed by atoms with Crippen molar-refractivity contribution in [3.63, 3.8) is 0 Å². The van der Waals surface area contributed by atoms with Gasteiger partial charge in [-0.15, -0.1) is 0 Å². The Morgan fingerprint density at radius 2 is 1.72 bits per heavy atom. The number of esters is 1. The first-order valence-corrected chi connectivity index (χ1v) is 13.4. The molecule has 0 saturated carbocycles. The molecule has 39 heavy (non-hydrogen) atoms. The molecule has 0 aliphatic carbocycles. The Labute approximate surface area is 227 Å². The maximum atomic E-state index is 13.2. The molecule has 2 unspecified atom stereocenters. The van der Waals surface area contributed by atoms with Crippen LogP contribution in [0, 0.1) is 0 Å². The van der Waals surface area contributed by atoms with Crippen LogP contribution in [0.3, 0.4) is 0 Å². The Hall–Kier alpha value is -3.69. The van der Waals surface area contributed by atoms with Gasteiger partial charge < -0.3 is 33.3 Å². The number of cyclic esters (lactones) is 1. The van der Waals surface area contributed by atoms with Gasteiger partial charge in [0, 0.05) is 48.2 Å². The third-order valence-electron chi connectivity index (χ3n) is 8.54. The van der Waals surface area contributed by atoms with Gasteiger partial charge in [0.25, 0.3) is 0 Å². The van der Waals surface area contributed by atoms with Crippen LogP contribution in [0.25, 0.3) is 21.9 Å². The number of piperazine rings is 1. The predicted molar refractivity (Wildman–Crippen MR) is 144 cm³/mol. The van der Waals surface area contributed by atoms with Crippen LogP contribution in [0.2, 0.25) is 0 Å². The van der Waals surface area contributed by atoms with Gasteiger partial charge in [0.1, 0.15) is 12.4 Å². The molecule has 204 valence electrons. The quantitative estimate of drug-likeness (QED) is 0.315. The first kappa shape index (κ1) is 24.4. The first-order valence-electron chi connectivity index (χ1n) is 13.4. The van der Waals surface area contributed by atoms with E-state index < -0.39 is 0 Å². The number of ether oxygens (including phenoxy) is 6. The molecule has 4 heterocycles. The summed E-state index contributed by atoms with van der Waals surface area (Å²) >= 11 is 0. The highest BCUT2D eigenvalue weighted by atomic mass is 16.7. The molecular formula is C30H32N2O7. The topological polar surface area (TPSA) is 78.9 Å². The molecule has 7 rings (SSSR count). The van der Waals surface area contributed by atoms with Crippen LogP contribution in [-0.2, 0) is 11.3 Å². The summed E-state index contributed by atoms with van der Waals surface area (Å²) in [4.78, 5) is 18.2. The normalized spacial score (nSPS) is 21.5. The van der Waals surface area contributed by atoms with Crippen molar-refractivity contribution in [1.82, 2.24) is 9.80 Å². The number of likely N-dealkylation sites (tertiary alicyclic amines) is 2. The van der Waals surface area contributed by atoms with Gasteiger partial charge >= 0.3 is 5.97 Å². The van der Waals surface area contributed by atoms with Crippen LogP contribution in [0.15, 0.2) is 30.3 Å². The van der Waals surface area contributed by atoms with E-state index in [4.69, 9.17) is 28.4 Å². The molecule has 0 amide bonds. The zero-order valence-electron chi connectivity index (χ0n) is 22.5. The molecule has 9 heteroatoms. The second kappa shape index (κ2) is 9.50. The number of fused-ring (bicyclic) bond motifs is 5. The summed E-state index contributed by atoms with van der Waals surface area (Å²) in [5.74, 6) is 2.78. The van der Waals surface area contributed by atoms with Crippen molar-refractivity contribution < 1.29 is 33.2 Å². The molecule has 3 aromatic carbocycles. The van der Waals surface area contributed by atoms with E-state index in [1.807, 2.05) is 30.3 Å². The van der Waals surface area contributed by atoms with Gasteiger partial charge in [-0.25, -0.2) is 4.79 Å². The van der Waals surface area contributed by atoms with Gasteiger partial charge in [0.15, 0.2) is 23.0 Å². The number of nitrogens with zero attached hydrogens (tertiary/aromatic N) is 2. The molecule has 0 radical (unpaired) electrons. The highest BCUT2D eigenvalue weighted by Gasteiger charge is 2.41. The van der Waals surface area contributed by atoms with E-state index in [0.717, 1.165) is 53.5 Å². The minimum Gasteiger partial charge on any atom is -0.493 e. The summed E-state index contributed by atoms with van der Waals surface area (Å²) in [5, 5.41) is 1.67. The summed E-state index contributed by atoms with van der Waals surface area (Å²) in [5.41, 5.74) is 2.86. The molecule has 0 spiro atoms. The summed E-state index contributed by atoms with van der Waals surface area (Å²) in [6.45, 7) is 4.14. The molecule has 9 nitrogen and oxygen atoms in total. The van der Waals surface area contributed by atoms with Crippen molar-refractivity contribution >= 4 is 16.7 Å². The minimum absolute atomic E-state index is 0.160. The van der Waals surface area contributed by atoms with Crippen molar-refractivity contribution in [2.45, 2.75) is 31.5 Å². The average Bonchev–Trinajstić information content (AvgIpc) is 3.74. The maximum Gasteiger partial charge on any atom is 0.339 e. The average molecular weight is 533 g/mol. The van der Waals surface area contributed by atoms with Crippen molar-refractivity contribution in [3.05, 3.63) is 41.5 Å². The monoisotopic (exact) mass is 532 g/mol. The highest BCUT2D eigenvalue weighted by molar-refractivity contribution is 6.14. The lowest BCUT2D eigenvalue weighted by Gasteiger charge is -2.31. The lowest BCUT2D eigenvalue weighted by atomic mass is 9.89. The number of carbonyl (C=O) groups excluding carboxylic acids is 1. The zero-order valence-corrected chi connectivity index (χ0v) is 22.5. The first-order chi connectivity index (χ1) is 19.1. The Bertz CT molecular complexity index is 1470. The van der Waals surface area contributed by atoms with Crippen LogP contribution in [-0.4, -0.2) is 82.2 Å². The van der Waals surface area contributed by atoms with E-state index in [9.17, 15) is 4.79 Å². The third-order valence-corrected chi connectivity index (χ3v) is 8.54. The van der Waals surface area contributed by atoms with E-state index >= 15 is 0 Å². The number of benzene rings is 3. The summed E-state index contributed by atoms with van der Waals surface area (Å²) < 4.78 is 34.5. The fraction of sp³-hybridized carbons (Fsp3) is 0.433. The summed E-state index contributed by atoms with van der Waals surface area (Å²) in [7, 11) is 5.44. The van der Waals surface area contributed by atoms with Gasteiger partial charge in [-0.2, -0.15) is 0 Å². The largest absolute Gasteiger partial charge is 0.493 e. The molecule has 2 saturated heterocycles. The van der Waals surface area contributed by atoms with Crippen LogP contribution < -0.4 is 23.7 Å². The standard InChI is InChI=1S/C30H32N2O7/c1-31-13-19-10-18(31)14-32(19)7-4-8-36-29-21-12-25(35-3)24(34-2)11-20(21)27(28-22(29)15-37-30(28)33)17-5-6-23-26(9-17)39-16-38-23/h5-6,9,11-12,18-19H,4,7-8,10,13-16H2,1-3H3. The SMILES string of the molecule is COc1cc2c(OCCCN3CC4CC3CN4C)c3c(c(-c4ccc5c(c4)OCO5)c2cc1OC)C(=O)OC3. The number of hydrogen-bond acceptors (Lipinski definition) is 9. The predicted octanol–water partition coefficient (Wildman–Crippen LogP) is 4.08. The third kappa shape index (κ3) is 3.94. The molecule has 2 fully saturated rings. The number of hydrogen-bond donors (Lipinski definition) is 0. The van der Waals surface area contributed by atoms with Gasteiger partial charge in [-0.05, 0) is 55.1 Å². The molecule has 0 N–H and O–H groups in total. The molecule has 2 atom stereocenters. The zero-order chi connectivity index (χ0) is 26.7. The van der Waals surface area contributed by atoms with Gasteiger partial charge in [0.05, 0.1) is 26.4 Å². The van der Waals surface area contributed by atoms with Crippen molar-refractivity contribution in [1.29, 1.82) is 0 Å². The van der Waals surface area contributed by atoms with Crippen LogP contribution >= 0.6 is 0 Å². The van der Waals surface area contributed by atoms with E-state index in [1.165, 1.54) is 6.42 Å². The van der Waals surface area contributed by atoms with Crippen molar-refractivity contribution in [3.8, 4) is 39.9 Å². The number of likely N-dealkylation sites (N-methyl/N-ethyl adjacent to an activating group) is 1. The van der Waals surface area contributed by atoms with Crippen LogP contribution in [0.5, 0.6) is 28.7 Å². The molecule has 0 aromatic heterocycles. The molecule has 4 aliphatic heterocycles. The molecule has 2 bridgehead atoms. The van der Waals surface area contributed by atoms with Crippen LogP contribution in [0.1, 0.15) is 28.8 Å². The Morgan fingerprint density at radius 3 is 2.46 bits per heavy atom. The minimum atomic E-state index is -0.364. The second-order valence-corrected chi connectivity index (χ2v) is 10.6. The number of methoxy groups -OCH3 is 2. The van der Waals surface area contributed by atoms with E-state index in [2.05, 4.69) is 16.8 Å². The summed E-state index contributed by atoms with van der Waals surface area (Å²) in [6.07, 6.45) is 2.16. The highest BCUT2D eigenvalue weighted by Crippen LogP contribution is 2.49. The molecular weight excluding hydrogens is 500 g/mol. The van der Waals surface area contributed by atoms with Crippen LogP contribution in [0.4, 0.5) is 0 Å². The van der Waals surface area contributed by atoms with Gasteiger partial charge in [0.2, 0.25) is 6.79 Å². The second-order valence-electron chi connectivity index (χ2n) is 10.6. The summed E-state index contributed by atoms with van der Waals surface area (Å²) in [6, 6.07) is 10.9. The Balaban J connectivity index is 1.28. The van der Waals surface area contributed by atoms with E-state index in [-0.39, 0.29) is 19.4 Å². The lowest BCUT2D eigenvalue weighted by molar-refractivity contribution is 0.0534. The fourth-order valence-electron chi connectivity index (χ4n) is 6.59. The van der Waals surface area contributed by atoms with Gasteiger partial charge in [-0.3, -0.25) is 4.90 Å². The van der Waals surface area contributed by atoms with E-state index in [0.29, 0.717) is 53.0 Å². The Kier molecular flexibility index (Phi) is 5.93. The van der Waals surface area contributed by atoms with E-state index in [1.54, 1.807) is 14.2 Å². The fourth-order valence-corrected chi connectivity index (χ4v) is 6.59. The van der Waals surface area contributed by atoms with Crippen molar-refractivity contribution in [2.24, 2.45) is 0 Å². The maximum absolute atomic E-state index is 13.2. The number of rotatable bonds is 8.